The number of amides is 2. The fourth-order valence-electron chi connectivity index (χ4n) is 3.67. The summed E-state index contributed by atoms with van der Waals surface area (Å²) in [5, 5.41) is 17.8. The molecule has 2 aromatic carbocycles. The lowest BCUT2D eigenvalue weighted by molar-refractivity contribution is -0.139. The highest BCUT2D eigenvalue weighted by atomic mass is 16.4. The molecule has 0 radical (unpaired) electrons. The number of aliphatic carboxylic acids is 1. The molecule has 1 unspecified atom stereocenters. The maximum Gasteiger partial charge on any atom is 0.321 e. The minimum Gasteiger partial charge on any atom is -0.480 e. The van der Waals surface area contributed by atoms with Crippen LogP contribution in [-0.4, -0.2) is 61.3 Å². The molecule has 2 amide bonds. The Kier molecular flexibility index (Phi) is 7.82. The Hall–Kier alpha value is -2.90. The summed E-state index contributed by atoms with van der Waals surface area (Å²) in [6, 6.07) is 14.7. The number of hydrogen-bond donors (Lipinski definition) is 4. The summed E-state index contributed by atoms with van der Waals surface area (Å²) in [6.45, 7) is 3.76. The van der Waals surface area contributed by atoms with Crippen molar-refractivity contribution >= 4 is 17.7 Å². The molecule has 0 aromatic heterocycles. The van der Waals surface area contributed by atoms with Gasteiger partial charge in [-0.1, -0.05) is 36.4 Å². The number of rotatable bonds is 9. The van der Waals surface area contributed by atoms with Gasteiger partial charge in [0, 0.05) is 18.8 Å². The number of benzene rings is 2. The van der Waals surface area contributed by atoms with Crippen molar-refractivity contribution in [1.82, 2.24) is 15.5 Å². The molecule has 2 aromatic rings. The van der Waals surface area contributed by atoms with Crippen molar-refractivity contribution in [2.24, 2.45) is 0 Å². The minimum atomic E-state index is -0.862. The van der Waals surface area contributed by atoms with Gasteiger partial charge in [0.2, 0.25) is 0 Å². The van der Waals surface area contributed by atoms with Crippen molar-refractivity contribution in [3.63, 3.8) is 0 Å². The topological polar surface area (TPSA) is 93.7 Å². The van der Waals surface area contributed by atoms with Crippen molar-refractivity contribution < 1.29 is 14.7 Å². The van der Waals surface area contributed by atoms with Crippen molar-refractivity contribution in [1.29, 1.82) is 0 Å². The molecule has 1 aliphatic heterocycles. The molecule has 0 bridgehead atoms. The van der Waals surface area contributed by atoms with E-state index in [9.17, 15) is 14.7 Å². The number of carbonyl (C=O) groups excluding carboxylic acids is 1. The molecular weight excluding hydrogens is 380 g/mol. The number of likely N-dealkylation sites (tertiary alicyclic amines) is 1. The fourth-order valence-corrected chi connectivity index (χ4v) is 3.67. The van der Waals surface area contributed by atoms with Crippen LogP contribution in [0.25, 0.3) is 11.1 Å². The van der Waals surface area contributed by atoms with E-state index in [1.54, 1.807) is 7.05 Å². The van der Waals surface area contributed by atoms with Crippen LogP contribution in [0, 0.1) is 0 Å². The van der Waals surface area contributed by atoms with E-state index < -0.39 is 12.0 Å². The van der Waals surface area contributed by atoms with E-state index in [0.717, 1.165) is 42.0 Å². The molecule has 0 aliphatic carbocycles. The van der Waals surface area contributed by atoms with Crippen molar-refractivity contribution in [2.45, 2.75) is 25.3 Å². The van der Waals surface area contributed by atoms with Gasteiger partial charge in [0.05, 0.1) is 0 Å². The van der Waals surface area contributed by atoms with Crippen LogP contribution in [-0.2, 0) is 11.2 Å². The van der Waals surface area contributed by atoms with Crippen LogP contribution in [0.3, 0.4) is 0 Å². The van der Waals surface area contributed by atoms with Crippen LogP contribution in [0.1, 0.15) is 18.4 Å². The Morgan fingerprint density at radius 1 is 1.07 bits per heavy atom. The Bertz CT molecular complexity index is 848. The van der Waals surface area contributed by atoms with Crippen molar-refractivity contribution in [2.75, 3.05) is 38.5 Å². The summed E-state index contributed by atoms with van der Waals surface area (Å²) in [7, 11) is 1.65. The number of likely N-dealkylation sites (N-methyl/N-ethyl adjacent to an activating group) is 1. The average Bonchev–Trinajstić information content (AvgIpc) is 3.26. The third kappa shape index (κ3) is 6.30. The van der Waals surface area contributed by atoms with Crippen LogP contribution in [0.15, 0.2) is 48.5 Å². The smallest absolute Gasteiger partial charge is 0.321 e. The lowest BCUT2D eigenvalue weighted by atomic mass is 10.0. The normalized spacial score (nSPS) is 15.0. The summed E-state index contributed by atoms with van der Waals surface area (Å²) < 4.78 is 0. The van der Waals surface area contributed by atoms with E-state index in [0.29, 0.717) is 13.0 Å². The summed E-state index contributed by atoms with van der Waals surface area (Å²) >= 11 is 0. The van der Waals surface area contributed by atoms with Crippen molar-refractivity contribution in [3.05, 3.63) is 54.1 Å². The Balaban J connectivity index is 1.55. The largest absolute Gasteiger partial charge is 0.480 e. The lowest BCUT2D eigenvalue weighted by Gasteiger charge is -2.15. The van der Waals surface area contributed by atoms with Crippen LogP contribution < -0.4 is 16.0 Å². The Morgan fingerprint density at radius 3 is 2.47 bits per heavy atom. The maximum atomic E-state index is 12.2. The molecule has 1 fully saturated rings. The van der Waals surface area contributed by atoms with Gasteiger partial charge in [-0.15, -0.1) is 0 Å². The fraction of sp³-hybridized carbons (Fsp3) is 0.391. The minimum absolute atomic E-state index is 0.200. The van der Waals surface area contributed by atoms with E-state index in [-0.39, 0.29) is 6.03 Å². The van der Waals surface area contributed by atoms with E-state index in [1.165, 1.54) is 12.8 Å². The quantitative estimate of drug-likeness (QED) is 0.510. The van der Waals surface area contributed by atoms with Crippen LogP contribution >= 0.6 is 0 Å². The molecule has 7 heteroatoms. The van der Waals surface area contributed by atoms with Gasteiger partial charge in [-0.25, -0.2) is 4.79 Å². The van der Waals surface area contributed by atoms with E-state index in [1.807, 2.05) is 48.5 Å². The molecule has 1 atom stereocenters. The molecule has 1 saturated heterocycles. The predicted octanol–water partition coefficient (Wildman–Crippen LogP) is 2.79. The maximum absolute atomic E-state index is 12.2. The first-order valence-electron chi connectivity index (χ1n) is 10.4. The van der Waals surface area contributed by atoms with Gasteiger partial charge in [-0.2, -0.15) is 0 Å². The number of carbonyl (C=O) groups is 2. The monoisotopic (exact) mass is 410 g/mol. The third-order valence-electron chi connectivity index (χ3n) is 5.41. The van der Waals surface area contributed by atoms with E-state index in [4.69, 9.17) is 0 Å². The molecule has 1 aliphatic rings. The van der Waals surface area contributed by atoms with Gasteiger partial charge in [-0.05, 0) is 68.2 Å². The average molecular weight is 411 g/mol. The van der Waals surface area contributed by atoms with Gasteiger partial charge >= 0.3 is 12.0 Å². The number of carboxylic acid groups (broad SMARTS) is 1. The number of urea groups is 1. The molecule has 1 heterocycles. The second-order valence-corrected chi connectivity index (χ2v) is 7.59. The molecule has 160 valence electrons. The first kappa shape index (κ1) is 21.8. The van der Waals surface area contributed by atoms with Crippen LogP contribution in [0.2, 0.25) is 0 Å². The van der Waals surface area contributed by atoms with Gasteiger partial charge in [0.15, 0.2) is 0 Å². The van der Waals surface area contributed by atoms with Gasteiger partial charge in [0.1, 0.15) is 6.04 Å². The molecule has 0 spiro atoms. The number of anilines is 1. The van der Waals surface area contributed by atoms with Gasteiger partial charge in [0.25, 0.3) is 0 Å². The highest BCUT2D eigenvalue weighted by Crippen LogP contribution is 2.23. The SMILES string of the molecule is CNC(Cc1ccc(-c2cccc(NC(=O)NCCN3CCCC3)c2)cc1)C(=O)O. The summed E-state index contributed by atoms with van der Waals surface area (Å²) in [4.78, 5) is 25.7. The van der Waals surface area contributed by atoms with E-state index in [2.05, 4.69) is 20.9 Å². The summed E-state index contributed by atoms with van der Waals surface area (Å²) in [6.07, 6.45) is 2.91. The van der Waals surface area contributed by atoms with Gasteiger partial charge in [-0.3, -0.25) is 4.79 Å². The number of nitrogens with one attached hydrogen (secondary N) is 3. The zero-order valence-electron chi connectivity index (χ0n) is 17.4. The third-order valence-corrected chi connectivity index (χ3v) is 5.41. The summed E-state index contributed by atoms with van der Waals surface area (Å²) in [5.74, 6) is -0.862. The number of carboxylic acids is 1. The molecule has 3 rings (SSSR count). The highest BCUT2D eigenvalue weighted by Gasteiger charge is 2.15. The van der Waals surface area contributed by atoms with Crippen molar-refractivity contribution in [3.8, 4) is 11.1 Å². The predicted molar refractivity (Wildman–Crippen MR) is 119 cm³/mol. The zero-order valence-corrected chi connectivity index (χ0v) is 17.4. The highest BCUT2D eigenvalue weighted by molar-refractivity contribution is 5.90. The molecule has 4 N–H and O–H groups in total. The standard InChI is InChI=1S/C23H30N4O3/c1-24-21(22(28)29)15-17-7-9-18(10-8-17)19-5-4-6-20(16-19)26-23(30)25-11-14-27-12-2-3-13-27/h4-10,16,21,24H,2-3,11-15H2,1H3,(H,28,29)(H2,25,26,30). The number of hydrogen-bond acceptors (Lipinski definition) is 4. The Labute approximate surface area is 177 Å². The zero-order chi connectivity index (χ0) is 21.3. The Morgan fingerprint density at radius 2 is 1.80 bits per heavy atom. The second-order valence-electron chi connectivity index (χ2n) is 7.59. The number of nitrogens with zero attached hydrogens (tertiary/aromatic N) is 1. The lowest BCUT2D eigenvalue weighted by Crippen LogP contribution is -2.35. The first-order chi connectivity index (χ1) is 14.5. The second kappa shape index (κ2) is 10.8. The van der Waals surface area contributed by atoms with Crippen LogP contribution in [0.4, 0.5) is 10.5 Å². The molecule has 7 nitrogen and oxygen atoms in total. The van der Waals surface area contributed by atoms with Crippen LogP contribution in [0.5, 0.6) is 0 Å². The van der Waals surface area contributed by atoms with E-state index >= 15 is 0 Å². The van der Waals surface area contributed by atoms with Gasteiger partial charge < -0.3 is 26.0 Å². The molecule has 0 saturated carbocycles. The molecule has 30 heavy (non-hydrogen) atoms. The molecular formula is C23H30N4O3. The first-order valence-corrected chi connectivity index (χ1v) is 10.4. The summed E-state index contributed by atoms with van der Waals surface area (Å²) in [5.41, 5.74) is 3.68.